The largest absolute Gasteiger partial charge is 0.355 e. The maximum atomic E-state index is 10.6. The molecule has 0 aliphatic carbocycles. The highest BCUT2D eigenvalue weighted by Gasteiger charge is 2.43. The van der Waals surface area contributed by atoms with Gasteiger partial charge in [-0.2, -0.15) is 0 Å². The summed E-state index contributed by atoms with van der Waals surface area (Å²) in [7, 11) is 0. The Labute approximate surface area is 65.5 Å². The van der Waals surface area contributed by atoms with Crippen molar-refractivity contribution in [3.05, 3.63) is 23.3 Å². The molecule has 0 aromatic carbocycles. The molecule has 0 radical (unpaired) electrons. The minimum atomic E-state index is -0.420. The first-order valence-corrected chi connectivity index (χ1v) is 3.71. The molecule has 2 aliphatic rings. The molecule has 2 heteroatoms. The Hall–Kier alpha value is -0.890. The lowest BCUT2D eigenvalue weighted by molar-refractivity contribution is -0.106. The highest BCUT2D eigenvalue weighted by molar-refractivity contribution is 5.81. The SMILES string of the molecule is CC1=C(C=O)C2(C)C=CC1O2. The Morgan fingerprint density at radius 1 is 1.73 bits per heavy atom. The second-order valence-corrected chi connectivity index (χ2v) is 3.22. The maximum Gasteiger partial charge on any atom is 0.149 e. The van der Waals surface area contributed by atoms with Gasteiger partial charge in [-0.25, -0.2) is 0 Å². The van der Waals surface area contributed by atoms with Gasteiger partial charge in [-0.05, 0) is 25.5 Å². The van der Waals surface area contributed by atoms with E-state index in [0.29, 0.717) is 0 Å². The molecule has 0 spiro atoms. The van der Waals surface area contributed by atoms with Gasteiger partial charge in [-0.3, -0.25) is 4.79 Å². The molecule has 58 valence electrons. The predicted octanol–water partition coefficient (Wildman–Crippen LogP) is 1.23. The van der Waals surface area contributed by atoms with Crippen molar-refractivity contribution in [1.82, 2.24) is 0 Å². The van der Waals surface area contributed by atoms with Gasteiger partial charge < -0.3 is 4.74 Å². The second kappa shape index (κ2) is 1.83. The highest BCUT2D eigenvalue weighted by Crippen LogP contribution is 2.41. The summed E-state index contributed by atoms with van der Waals surface area (Å²) in [5.41, 5.74) is 1.44. The van der Waals surface area contributed by atoms with Crippen LogP contribution in [0.15, 0.2) is 23.3 Å². The number of fused-ring (bicyclic) bond motifs is 2. The zero-order chi connectivity index (χ0) is 8.06. The van der Waals surface area contributed by atoms with E-state index in [1.54, 1.807) is 0 Å². The van der Waals surface area contributed by atoms with Gasteiger partial charge in [0.2, 0.25) is 0 Å². The summed E-state index contributed by atoms with van der Waals surface area (Å²) in [6.07, 6.45) is 4.91. The Bertz CT molecular complexity index is 275. The van der Waals surface area contributed by atoms with E-state index in [2.05, 4.69) is 0 Å². The van der Waals surface area contributed by atoms with E-state index >= 15 is 0 Å². The van der Waals surface area contributed by atoms with Gasteiger partial charge in [0.15, 0.2) is 0 Å². The third-order valence-corrected chi connectivity index (χ3v) is 2.47. The molecule has 2 unspecified atom stereocenters. The van der Waals surface area contributed by atoms with E-state index in [9.17, 15) is 4.79 Å². The zero-order valence-electron chi connectivity index (χ0n) is 6.63. The summed E-state index contributed by atoms with van der Waals surface area (Å²) < 4.78 is 5.56. The predicted molar refractivity (Wildman–Crippen MR) is 41.2 cm³/mol. The monoisotopic (exact) mass is 150 g/mol. The number of carbonyl (C=O) groups is 1. The molecular weight excluding hydrogens is 140 g/mol. The van der Waals surface area contributed by atoms with Crippen LogP contribution < -0.4 is 0 Å². The molecule has 2 aliphatic heterocycles. The third kappa shape index (κ3) is 0.676. The molecule has 0 aromatic heterocycles. The number of aldehydes is 1. The molecule has 11 heavy (non-hydrogen) atoms. The number of hydrogen-bond donors (Lipinski definition) is 0. The van der Waals surface area contributed by atoms with Gasteiger partial charge in [0, 0.05) is 5.57 Å². The average molecular weight is 150 g/mol. The van der Waals surface area contributed by atoms with E-state index in [1.165, 1.54) is 0 Å². The minimum Gasteiger partial charge on any atom is -0.355 e. The fraction of sp³-hybridized carbons (Fsp3) is 0.444. The highest BCUT2D eigenvalue weighted by atomic mass is 16.5. The van der Waals surface area contributed by atoms with Crippen LogP contribution in [0, 0.1) is 0 Å². The smallest absolute Gasteiger partial charge is 0.149 e. The summed E-state index contributed by atoms with van der Waals surface area (Å²) >= 11 is 0. The molecule has 2 rings (SSSR count). The second-order valence-electron chi connectivity index (χ2n) is 3.22. The van der Waals surface area contributed by atoms with Crippen molar-refractivity contribution >= 4 is 6.29 Å². The molecule has 0 saturated carbocycles. The van der Waals surface area contributed by atoms with Crippen molar-refractivity contribution in [2.45, 2.75) is 25.6 Å². The van der Waals surface area contributed by atoms with Crippen molar-refractivity contribution in [2.24, 2.45) is 0 Å². The van der Waals surface area contributed by atoms with Crippen molar-refractivity contribution in [1.29, 1.82) is 0 Å². The van der Waals surface area contributed by atoms with Crippen LogP contribution in [0.1, 0.15) is 13.8 Å². The van der Waals surface area contributed by atoms with Gasteiger partial charge in [0.25, 0.3) is 0 Å². The standard InChI is InChI=1S/C9H10O2/c1-6-7(5-10)9(2)4-3-8(6)11-9/h3-5,8H,1-2H3. The minimum absolute atomic E-state index is 0.0557. The fourth-order valence-corrected chi connectivity index (χ4v) is 1.75. The lowest BCUT2D eigenvalue weighted by Gasteiger charge is -2.16. The Morgan fingerprint density at radius 2 is 2.45 bits per heavy atom. The van der Waals surface area contributed by atoms with Crippen LogP contribution in [0.25, 0.3) is 0 Å². The summed E-state index contributed by atoms with van der Waals surface area (Å²) in [6, 6.07) is 0. The van der Waals surface area contributed by atoms with E-state index in [0.717, 1.165) is 17.4 Å². The fourth-order valence-electron chi connectivity index (χ4n) is 1.75. The van der Waals surface area contributed by atoms with Gasteiger partial charge in [0.1, 0.15) is 11.9 Å². The first-order chi connectivity index (χ1) is 5.17. The van der Waals surface area contributed by atoms with Crippen LogP contribution in [0.2, 0.25) is 0 Å². The van der Waals surface area contributed by atoms with Crippen LogP contribution in [-0.4, -0.2) is 18.0 Å². The number of carbonyl (C=O) groups excluding carboxylic acids is 1. The van der Waals surface area contributed by atoms with Crippen LogP contribution in [0.4, 0.5) is 0 Å². The summed E-state index contributed by atoms with van der Waals surface area (Å²) in [4.78, 5) is 10.6. The molecule has 0 saturated heterocycles. The summed E-state index contributed by atoms with van der Waals surface area (Å²) in [5, 5.41) is 0. The molecule has 2 nitrogen and oxygen atoms in total. The van der Waals surface area contributed by atoms with Crippen LogP contribution in [-0.2, 0) is 9.53 Å². The molecule has 2 atom stereocenters. The average Bonchev–Trinajstić information content (AvgIpc) is 2.42. The lowest BCUT2D eigenvalue weighted by Crippen LogP contribution is -2.22. The van der Waals surface area contributed by atoms with Gasteiger partial charge in [0.05, 0.1) is 6.10 Å². The van der Waals surface area contributed by atoms with Crippen molar-refractivity contribution in [3.8, 4) is 0 Å². The van der Waals surface area contributed by atoms with Crippen LogP contribution >= 0.6 is 0 Å². The number of ether oxygens (including phenoxy) is 1. The normalized spacial score (nSPS) is 40.4. The molecule has 0 N–H and O–H groups in total. The third-order valence-electron chi connectivity index (χ3n) is 2.47. The van der Waals surface area contributed by atoms with Crippen molar-refractivity contribution < 1.29 is 9.53 Å². The number of hydrogen-bond acceptors (Lipinski definition) is 2. The maximum absolute atomic E-state index is 10.6. The van der Waals surface area contributed by atoms with E-state index in [4.69, 9.17) is 4.74 Å². The molecule has 2 heterocycles. The zero-order valence-corrected chi connectivity index (χ0v) is 6.63. The van der Waals surface area contributed by atoms with Crippen LogP contribution in [0.5, 0.6) is 0 Å². The molecule has 0 amide bonds. The van der Waals surface area contributed by atoms with E-state index in [-0.39, 0.29) is 6.10 Å². The van der Waals surface area contributed by atoms with Gasteiger partial charge in [-0.15, -0.1) is 0 Å². The van der Waals surface area contributed by atoms with Gasteiger partial charge in [-0.1, -0.05) is 6.08 Å². The first-order valence-electron chi connectivity index (χ1n) is 3.71. The lowest BCUT2D eigenvalue weighted by atomic mass is 9.90. The molecular formula is C9H10O2. The Balaban J connectivity index is 2.51. The topological polar surface area (TPSA) is 26.3 Å². The van der Waals surface area contributed by atoms with Crippen molar-refractivity contribution in [2.75, 3.05) is 0 Å². The van der Waals surface area contributed by atoms with E-state index in [1.807, 2.05) is 26.0 Å². The summed E-state index contributed by atoms with van der Waals surface area (Å²) in [6.45, 7) is 3.87. The Kier molecular flexibility index (Phi) is 1.13. The first kappa shape index (κ1) is 6.80. The number of rotatable bonds is 1. The van der Waals surface area contributed by atoms with E-state index < -0.39 is 5.60 Å². The molecule has 0 aromatic rings. The quantitative estimate of drug-likeness (QED) is 0.415. The molecule has 2 bridgehead atoms. The molecule has 0 fully saturated rings. The van der Waals surface area contributed by atoms with Crippen LogP contribution in [0.3, 0.4) is 0 Å². The Morgan fingerprint density at radius 3 is 2.82 bits per heavy atom. The summed E-state index contributed by atoms with van der Waals surface area (Å²) in [5.74, 6) is 0. The van der Waals surface area contributed by atoms with Crippen molar-refractivity contribution in [3.63, 3.8) is 0 Å². The van der Waals surface area contributed by atoms with Gasteiger partial charge >= 0.3 is 0 Å².